The van der Waals surface area contributed by atoms with E-state index >= 15 is 0 Å². The van der Waals surface area contributed by atoms with Crippen LogP contribution in [0.1, 0.15) is 24.9 Å². The molecule has 2 rings (SSSR count). The zero-order chi connectivity index (χ0) is 15.4. The van der Waals surface area contributed by atoms with Crippen molar-refractivity contribution in [3.8, 4) is 0 Å². The van der Waals surface area contributed by atoms with E-state index in [1.54, 1.807) is 12.1 Å². The van der Waals surface area contributed by atoms with Gasteiger partial charge in [-0.3, -0.25) is 10.1 Å². The molecule has 2 aromatic carbocycles. The summed E-state index contributed by atoms with van der Waals surface area (Å²) in [6, 6.07) is 10.5. The molecule has 0 fully saturated rings. The van der Waals surface area contributed by atoms with Crippen LogP contribution in [0.2, 0.25) is 5.02 Å². The monoisotopic (exact) mass is 308 g/mol. The van der Waals surface area contributed by atoms with E-state index in [4.69, 9.17) is 11.6 Å². The first-order valence-corrected chi connectivity index (χ1v) is 6.85. The minimum absolute atomic E-state index is 0.117. The maximum atomic E-state index is 13.8. The average molecular weight is 309 g/mol. The predicted molar refractivity (Wildman–Crippen MR) is 81.2 cm³/mol. The Kier molecular flexibility index (Phi) is 4.75. The summed E-state index contributed by atoms with van der Waals surface area (Å²) in [5.74, 6) is -0.520. The number of rotatable bonds is 5. The minimum Gasteiger partial charge on any atom is -0.376 e. The highest BCUT2D eigenvalue weighted by Gasteiger charge is 2.15. The summed E-state index contributed by atoms with van der Waals surface area (Å²) in [5.41, 5.74) is 0.906. The fourth-order valence-corrected chi connectivity index (χ4v) is 2.17. The number of nitro benzene ring substituents is 1. The molecule has 0 saturated carbocycles. The van der Waals surface area contributed by atoms with Crippen molar-refractivity contribution >= 4 is 23.0 Å². The Labute approximate surface area is 126 Å². The minimum atomic E-state index is -0.548. The second-order valence-corrected chi connectivity index (χ2v) is 5.01. The van der Waals surface area contributed by atoms with Gasteiger partial charge in [0.05, 0.1) is 16.7 Å². The molecule has 0 aliphatic carbocycles. The number of halogens is 2. The van der Waals surface area contributed by atoms with E-state index in [1.165, 1.54) is 6.07 Å². The highest BCUT2D eigenvalue weighted by molar-refractivity contribution is 6.30. The summed E-state index contributed by atoms with van der Waals surface area (Å²) in [7, 11) is 0. The second kappa shape index (κ2) is 6.54. The van der Waals surface area contributed by atoms with Gasteiger partial charge in [-0.05, 0) is 30.2 Å². The van der Waals surface area contributed by atoms with Gasteiger partial charge in [-0.1, -0.05) is 30.7 Å². The molecular formula is C15H14ClFN2O2. The van der Waals surface area contributed by atoms with Gasteiger partial charge in [0.1, 0.15) is 5.82 Å². The van der Waals surface area contributed by atoms with E-state index in [2.05, 4.69) is 5.32 Å². The zero-order valence-corrected chi connectivity index (χ0v) is 12.1. The van der Waals surface area contributed by atoms with Crippen LogP contribution in [-0.4, -0.2) is 4.92 Å². The molecular weight excluding hydrogens is 295 g/mol. The number of hydrogen-bond acceptors (Lipinski definition) is 3. The quantitative estimate of drug-likeness (QED) is 0.628. The van der Waals surface area contributed by atoms with Crippen LogP contribution in [-0.2, 0) is 0 Å². The van der Waals surface area contributed by atoms with Crippen LogP contribution in [0.25, 0.3) is 0 Å². The van der Waals surface area contributed by atoms with E-state index in [1.807, 2.05) is 19.1 Å². The SMILES string of the molecule is CCC(Nc1cc([N+](=O)[O-])ccc1F)c1ccc(Cl)cc1. The van der Waals surface area contributed by atoms with Crippen LogP contribution in [0.5, 0.6) is 0 Å². The highest BCUT2D eigenvalue weighted by atomic mass is 35.5. The molecule has 0 aliphatic rings. The lowest BCUT2D eigenvalue weighted by Crippen LogP contribution is -2.11. The molecule has 4 nitrogen and oxygen atoms in total. The Balaban J connectivity index is 2.28. The van der Waals surface area contributed by atoms with Crippen molar-refractivity contribution in [3.63, 3.8) is 0 Å². The molecule has 6 heteroatoms. The smallest absolute Gasteiger partial charge is 0.271 e. The Morgan fingerprint density at radius 3 is 2.52 bits per heavy atom. The number of non-ortho nitro benzene ring substituents is 1. The van der Waals surface area contributed by atoms with Crippen LogP contribution in [0.4, 0.5) is 15.8 Å². The van der Waals surface area contributed by atoms with Crippen LogP contribution < -0.4 is 5.32 Å². The van der Waals surface area contributed by atoms with Gasteiger partial charge in [0.2, 0.25) is 0 Å². The molecule has 2 aromatic rings. The third-order valence-electron chi connectivity index (χ3n) is 3.17. The van der Waals surface area contributed by atoms with Gasteiger partial charge >= 0.3 is 0 Å². The number of benzene rings is 2. The van der Waals surface area contributed by atoms with Crippen molar-refractivity contribution in [3.05, 3.63) is 69.0 Å². The van der Waals surface area contributed by atoms with Gasteiger partial charge in [-0.25, -0.2) is 4.39 Å². The number of nitrogens with one attached hydrogen (secondary N) is 1. The first kappa shape index (κ1) is 15.3. The Morgan fingerprint density at radius 2 is 1.95 bits per heavy atom. The molecule has 0 amide bonds. The molecule has 0 radical (unpaired) electrons. The van der Waals surface area contributed by atoms with Gasteiger partial charge in [-0.2, -0.15) is 0 Å². The summed E-state index contributed by atoms with van der Waals surface area (Å²) in [6.07, 6.45) is 0.698. The summed E-state index contributed by atoms with van der Waals surface area (Å²) in [5, 5.41) is 14.4. The lowest BCUT2D eigenvalue weighted by molar-refractivity contribution is -0.384. The van der Waals surface area contributed by atoms with Crippen molar-refractivity contribution in [2.24, 2.45) is 0 Å². The van der Waals surface area contributed by atoms with E-state index in [0.29, 0.717) is 11.4 Å². The third kappa shape index (κ3) is 3.70. The Hall–Kier alpha value is -2.14. The Morgan fingerprint density at radius 1 is 1.29 bits per heavy atom. The number of nitrogens with zero attached hydrogens (tertiary/aromatic N) is 1. The molecule has 0 aliphatic heterocycles. The van der Waals surface area contributed by atoms with Crippen molar-refractivity contribution in [1.82, 2.24) is 0 Å². The van der Waals surface area contributed by atoms with E-state index in [0.717, 1.165) is 17.7 Å². The van der Waals surface area contributed by atoms with Gasteiger partial charge in [-0.15, -0.1) is 0 Å². The molecule has 1 unspecified atom stereocenters. The lowest BCUT2D eigenvalue weighted by Gasteiger charge is -2.19. The van der Waals surface area contributed by atoms with Crippen LogP contribution in [0.3, 0.4) is 0 Å². The zero-order valence-electron chi connectivity index (χ0n) is 11.3. The van der Waals surface area contributed by atoms with Gasteiger partial charge in [0, 0.05) is 17.2 Å². The fraction of sp³-hybridized carbons (Fsp3) is 0.200. The summed E-state index contributed by atoms with van der Waals surface area (Å²) in [6.45, 7) is 1.95. The Bertz CT molecular complexity index is 647. The largest absolute Gasteiger partial charge is 0.376 e. The molecule has 21 heavy (non-hydrogen) atoms. The fourth-order valence-electron chi connectivity index (χ4n) is 2.04. The van der Waals surface area contributed by atoms with E-state index < -0.39 is 10.7 Å². The van der Waals surface area contributed by atoms with Crippen molar-refractivity contribution in [2.45, 2.75) is 19.4 Å². The predicted octanol–water partition coefficient (Wildman–Crippen LogP) is 4.95. The maximum absolute atomic E-state index is 13.8. The summed E-state index contributed by atoms with van der Waals surface area (Å²) < 4.78 is 13.8. The molecule has 0 saturated heterocycles. The number of anilines is 1. The molecule has 1 N–H and O–H groups in total. The molecule has 0 spiro atoms. The summed E-state index contributed by atoms with van der Waals surface area (Å²) in [4.78, 5) is 10.2. The van der Waals surface area contributed by atoms with Gasteiger partial charge < -0.3 is 5.32 Å². The van der Waals surface area contributed by atoms with E-state index in [-0.39, 0.29) is 17.4 Å². The summed E-state index contributed by atoms with van der Waals surface area (Å²) >= 11 is 5.85. The van der Waals surface area contributed by atoms with Gasteiger partial charge in [0.15, 0.2) is 0 Å². The second-order valence-electron chi connectivity index (χ2n) is 4.58. The van der Waals surface area contributed by atoms with Crippen LogP contribution >= 0.6 is 11.6 Å². The standard InChI is InChI=1S/C15H14ClFN2O2/c1-2-14(10-3-5-11(16)6-4-10)18-15-9-12(19(20)21)7-8-13(15)17/h3-9,14,18H,2H2,1H3. The molecule has 110 valence electrons. The maximum Gasteiger partial charge on any atom is 0.271 e. The molecule has 1 atom stereocenters. The van der Waals surface area contributed by atoms with Crippen molar-refractivity contribution in [2.75, 3.05) is 5.32 Å². The van der Waals surface area contributed by atoms with Crippen molar-refractivity contribution < 1.29 is 9.31 Å². The van der Waals surface area contributed by atoms with Crippen molar-refractivity contribution in [1.29, 1.82) is 0 Å². The normalized spacial score (nSPS) is 12.0. The highest BCUT2D eigenvalue weighted by Crippen LogP contribution is 2.28. The molecule has 0 bridgehead atoms. The molecule has 0 heterocycles. The number of nitro groups is 1. The van der Waals surface area contributed by atoms with Crippen LogP contribution in [0.15, 0.2) is 42.5 Å². The lowest BCUT2D eigenvalue weighted by atomic mass is 10.0. The third-order valence-corrected chi connectivity index (χ3v) is 3.42. The first-order valence-electron chi connectivity index (χ1n) is 6.47. The number of hydrogen-bond donors (Lipinski definition) is 1. The molecule has 0 aromatic heterocycles. The van der Waals surface area contributed by atoms with Crippen LogP contribution in [0, 0.1) is 15.9 Å². The average Bonchev–Trinajstić information content (AvgIpc) is 2.47. The van der Waals surface area contributed by atoms with Gasteiger partial charge in [0.25, 0.3) is 5.69 Å². The topological polar surface area (TPSA) is 55.2 Å². The van der Waals surface area contributed by atoms with E-state index in [9.17, 15) is 14.5 Å². The first-order chi connectivity index (χ1) is 10.0.